The maximum Gasteiger partial charge on any atom is 0.137 e. The summed E-state index contributed by atoms with van der Waals surface area (Å²) in [5.74, 6) is 1.61. The molecule has 0 aliphatic carbocycles. The highest BCUT2D eigenvalue weighted by molar-refractivity contribution is 5.88. The van der Waals surface area contributed by atoms with Crippen LogP contribution in [-0.2, 0) is 0 Å². The zero-order valence-corrected chi connectivity index (χ0v) is 10.3. The minimum absolute atomic E-state index is 0.754. The van der Waals surface area contributed by atoms with E-state index in [9.17, 15) is 0 Å². The lowest BCUT2D eigenvalue weighted by Gasteiger charge is -2.04. The Morgan fingerprint density at radius 2 is 1.94 bits per heavy atom. The molecule has 0 bridgehead atoms. The molecule has 0 spiro atoms. The molecule has 0 aliphatic heterocycles. The van der Waals surface area contributed by atoms with Gasteiger partial charge in [0.05, 0.1) is 11.7 Å². The highest BCUT2D eigenvalue weighted by Crippen LogP contribution is 2.17. The monoisotopic (exact) mass is 218 g/mol. The minimum atomic E-state index is 0.754. The van der Waals surface area contributed by atoms with Crippen LogP contribution in [0.2, 0.25) is 0 Å². The molecule has 4 heteroatoms. The maximum absolute atomic E-state index is 4.27. The van der Waals surface area contributed by atoms with Gasteiger partial charge in [0.15, 0.2) is 0 Å². The highest BCUT2D eigenvalue weighted by Gasteiger charge is 2.02. The summed E-state index contributed by atoms with van der Waals surface area (Å²) in [7, 11) is 1.85. The van der Waals surface area contributed by atoms with Gasteiger partial charge in [0, 0.05) is 18.6 Å². The summed E-state index contributed by atoms with van der Waals surface area (Å²) in [4.78, 5) is 12.6. The first-order valence-corrected chi connectivity index (χ1v) is 5.49. The second-order valence-corrected chi connectivity index (χ2v) is 3.47. The van der Waals surface area contributed by atoms with Gasteiger partial charge in [-0.1, -0.05) is 20.3 Å². The van der Waals surface area contributed by atoms with Gasteiger partial charge in [-0.05, 0) is 13.0 Å². The van der Waals surface area contributed by atoms with Crippen molar-refractivity contribution < 1.29 is 0 Å². The molecule has 4 nitrogen and oxygen atoms in total. The summed E-state index contributed by atoms with van der Waals surface area (Å²) in [6.45, 7) is 6.12. The predicted molar refractivity (Wildman–Crippen MR) is 67.6 cm³/mol. The first-order valence-electron chi connectivity index (χ1n) is 5.49. The molecule has 0 saturated heterocycles. The lowest BCUT2D eigenvalue weighted by Crippen LogP contribution is -1.98. The van der Waals surface area contributed by atoms with Crippen LogP contribution < -0.4 is 5.32 Å². The molecule has 0 aliphatic rings. The number of aromatic nitrogens is 3. The molecule has 0 amide bonds. The van der Waals surface area contributed by atoms with Gasteiger partial charge in [-0.25, -0.2) is 9.97 Å². The van der Waals surface area contributed by atoms with E-state index in [1.54, 1.807) is 12.4 Å². The fraction of sp³-hybridized carbons (Fsp3) is 0.417. The molecule has 0 aromatic carbocycles. The molecular formula is C12H18N4. The number of hydrogen-bond donors (Lipinski definition) is 1. The Morgan fingerprint density at radius 3 is 2.56 bits per heavy atom. The van der Waals surface area contributed by atoms with Gasteiger partial charge < -0.3 is 5.32 Å². The van der Waals surface area contributed by atoms with Crippen LogP contribution in [0.25, 0.3) is 10.9 Å². The molecule has 0 atom stereocenters. The molecule has 0 saturated carbocycles. The van der Waals surface area contributed by atoms with E-state index in [-0.39, 0.29) is 0 Å². The van der Waals surface area contributed by atoms with Crippen LogP contribution in [0.1, 0.15) is 26.1 Å². The normalized spacial score (nSPS) is 9.50. The van der Waals surface area contributed by atoms with Crippen molar-refractivity contribution in [3.05, 3.63) is 24.3 Å². The summed E-state index contributed by atoms with van der Waals surface area (Å²) < 4.78 is 0. The minimum Gasteiger partial charge on any atom is -0.373 e. The van der Waals surface area contributed by atoms with Crippen molar-refractivity contribution in [3.63, 3.8) is 0 Å². The molecule has 86 valence electrons. The standard InChI is InChI=1S/C9H10N4.C3H8/c1-6-12-8-5-11-4-3-7(8)9(10-2)13-6;1-3-2/h3-5H,1-2H3,(H,10,12,13);3H2,1-2H3. The number of nitrogens with one attached hydrogen (secondary N) is 1. The van der Waals surface area contributed by atoms with Gasteiger partial charge in [-0.3, -0.25) is 4.98 Å². The van der Waals surface area contributed by atoms with Crippen LogP contribution in [0.15, 0.2) is 18.5 Å². The number of aryl methyl sites for hydroxylation is 1. The Hall–Kier alpha value is -1.71. The van der Waals surface area contributed by atoms with Crippen LogP contribution in [-0.4, -0.2) is 22.0 Å². The van der Waals surface area contributed by atoms with Crippen molar-refractivity contribution in [2.24, 2.45) is 0 Å². The van der Waals surface area contributed by atoms with Crippen LogP contribution in [0, 0.1) is 6.92 Å². The fourth-order valence-electron chi connectivity index (χ4n) is 1.29. The number of rotatable bonds is 1. The molecule has 16 heavy (non-hydrogen) atoms. The smallest absolute Gasteiger partial charge is 0.137 e. The molecule has 2 heterocycles. The summed E-state index contributed by atoms with van der Waals surface area (Å²) in [5, 5.41) is 4.03. The first-order chi connectivity index (χ1) is 7.72. The van der Waals surface area contributed by atoms with Gasteiger partial charge in [-0.15, -0.1) is 0 Å². The van der Waals surface area contributed by atoms with E-state index in [2.05, 4.69) is 34.1 Å². The maximum atomic E-state index is 4.27. The molecule has 2 aromatic rings. The van der Waals surface area contributed by atoms with E-state index in [4.69, 9.17) is 0 Å². The zero-order chi connectivity index (χ0) is 12.0. The highest BCUT2D eigenvalue weighted by atomic mass is 15.0. The number of fused-ring (bicyclic) bond motifs is 1. The Labute approximate surface area is 96.2 Å². The van der Waals surface area contributed by atoms with Gasteiger partial charge in [-0.2, -0.15) is 0 Å². The van der Waals surface area contributed by atoms with E-state index in [1.807, 2.05) is 20.0 Å². The van der Waals surface area contributed by atoms with Crippen molar-refractivity contribution in [3.8, 4) is 0 Å². The fourth-order valence-corrected chi connectivity index (χ4v) is 1.29. The molecule has 2 aromatic heterocycles. The summed E-state index contributed by atoms with van der Waals surface area (Å²) >= 11 is 0. The van der Waals surface area contributed by atoms with Crippen LogP contribution in [0.3, 0.4) is 0 Å². The summed E-state index contributed by atoms with van der Waals surface area (Å²) in [6, 6.07) is 1.90. The van der Waals surface area contributed by atoms with Gasteiger partial charge >= 0.3 is 0 Å². The molecule has 0 radical (unpaired) electrons. The Kier molecular flexibility index (Phi) is 4.64. The largest absolute Gasteiger partial charge is 0.373 e. The molecule has 0 unspecified atom stereocenters. The third-order valence-corrected chi connectivity index (χ3v) is 1.85. The Morgan fingerprint density at radius 1 is 1.25 bits per heavy atom. The Bertz CT molecular complexity index is 454. The topological polar surface area (TPSA) is 50.7 Å². The van der Waals surface area contributed by atoms with Gasteiger partial charge in [0.1, 0.15) is 11.6 Å². The van der Waals surface area contributed by atoms with E-state index >= 15 is 0 Å². The lowest BCUT2D eigenvalue weighted by atomic mass is 10.3. The van der Waals surface area contributed by atoms with E-state index in [0.29, 0.717) is 0 Å². The van der Waals surface area contributed by atoms with Crippen molar-refractivity contribution in [1.82, 2.24) is 15.0 Å². The van der Waals surface area contributed by atoms with Gasteiger partial charge in [0.2, 0.25) is 0 Å². The first kappa shape index (κ1) is 12.4. The summed E-state index contributed by atoms with van der Waals surface area (Å²) in [6.07, 6.45) is 4.73. The van der Waals surface area contributed by atoms with E-state index < -0.39 is 0 Å². The van der Waals surface area contributed by atoms with Crippen molar-refractivity contribution >= 4 is 16.7 Å². The van der Waals surface area contributed by atoms with Crippen LogP contribution in [0.5, 0.6) is 0 Å². The predicted octanol–water partition coefficient (Wildman–Crippen LogP) is 2.79. The number of pyridine rings is 1. The number of hydrogen-bond acceptors (Lipinski definition) is 4. The lowest BCUT2D eigenvalue weighted by molar-refractivity contribution is 1.08. The van der Waals surface area contributed by atoms with E-state index in [1.165, 1.54) is 6.42 Å². The molecule has 2 rings (SSSR count). The quantitative estimate of drug-likeness (QED) is 0.799. The third kappa shape index (κ3) is 2.89. The zero-order valence-electron chi connectivity index (χ0n) is 10.3. The second-order valence-electron chi connectivity index (χ2n) is 3.47. The summed E-state index contributed by atoms with van der Waals surface area (Å²) in [5.41, 5.74) is 0.874. The average molecular weight is 218 g/mol. The van der Waals surface area contributed by atoms with Crippen molar-refractivity contribution in [2.45, 2.75) is 27.2 Å². The molecular weight excluding hydrogens is 200 g/mol. The second kappa shape index (κ2) is 6.00. The van der Waals surface area contributed by atoms with Crippen LogP contribution >= 0.6 is 0 Å². The van der Waals surface area contributed by atoms with Crippen LogP contribution in [0.4, 0.5) is 5.82 Å². The SMILES string of the molecule is CCC.CNc1nc(C)nc2cnccc12. The number of anilines is 1. The van der Waals surface area contributed by atoms with Crippen molar-refractivity contribution in [2.75, 3.05) is 12.4 Å². The third-order valence-electron chi connectivity index (χ3n) is 1.85. The van der Waals surface area contributed by atoms with Crippen molar-refractivity contribution in [1.29, 1.82) is 0 Å². The molecule has 1 N–H and O–H groups in total. The van der Waals surface area contributed by atoms with Gasteiger partial charge in [0.25, 0.3) is 0 Å². The molecule has 0 fully saturated rings. The average Bonchev–Trinajstić information content (AvgIpc) is 2.29. The number of nitrogens with zero attached hydrogens (tertiary/aromatic N) is 3. The Balaban J connectivity index is 0.000000386. The van der Waals surface area contributed by atoms with E-state index in [0.717, 1.165) is 22.5 Å².